The second-order valence-electron chi connectivity index (χ2n) is 4.84. The fourth-order valence-corrected chi connectivity index (χ4v) is 1.62. The molecular weight excluding hydrogens is 186 g/mol. The summed E-state index contributed by atoms with van der Waals surface area (Å²) in [5.41, 5.74) is 5.41. The third kappa shape index (κ3) is 5.78. The van der Waals surface area contributed by atoms with E-state index in [1.807, 2.05) is 13.8 Å². The number of hydrogen-bond acceptors (Lipinski definition) is 2. The molecule has 0 radical (unpaired) electrons. The Morgan fingerprint density at radius 3 is 2.27 bits per heavy atom. The lowest BCUT2D eigenvalue weighted by atomic mass is 9.86. The molecule has 0 amide bonds. The van der Waals surface area contributed by atoms with Gasteiger partial charge in [0, 0.05) is 5.41 Å². The van der Waals surface area contributed by atoms with Crippen LogP contribution in [0, 0.1) is 10.8 Å². The molecule has 0 atom stereocenters. The molecule has 0 aromatic heterocycles. The minimum absolute atomic E-state index is 0.133. The summed E-state index contributed by atoms with van der Waals surface area (Å²) in [6, 6.07) is 0. The molecule has 0 rings (SSSR count). The largest absolute Gasteiger partial charge is 0.387 e. The summed E-state index contributed by atoms with van der Waals surface area (Å²) in [6.45, 7) is 11.9. The Morgan fingerprint density at radius 2 is 1.87 bits per heavy atom. The Bertz CT molecular complexity index is 187. The van der Waals surface area contributed by atoms with Crippen LogP contribution in [-0.4, -0.2) is 30.4 Å². The summed E-state index contributed by atoms with van der Waals surface area (Å²) < 4.78 is 0. The molecule has 0 saturated carbocycles. The Hall–Kier alpha value is -0.570. The van der Waals surface area contributed by atoms with Crippen molar-refractivity contribution in [1.82, 2.24) is 4.90 Å². The molecule has 3 nitrogen and oxygen atoms in total. The van der Waals surface area contributed by atoms with Gasteiger partial charge in [0.05, 0.1) is 5.84 Å². The van der Waals surface area contributed by atoms with Gasteiger partial charge in [0.1, 0.15) is 0 Å². The summed E-state index contributed by atoms with van der Waals surface area (Å²) in [7, 11) is 0. The molecule has 0 bridgehead atoms. The van der Waals surface area contributed by atoms with Crippen LogP contribution in [0.5, 0.6) is 0 Å². The van der Waals surface area contributed by atoms with E-state index in [0.29, 0.717) is 5.84 Å². The first-order valence-electron chi connectivity index (χ1n) is 6.01. The van der Waals surface area contributed by atoms with Gasteiger partial charge in [-0.05, 0) is 38.9 Å². The van der Waals surface area contributed by atoms with Crippen molar-refractivity contribution < 1.29 is 0 Å². The third-order valence-electron chi connectivity index (χ3n) is 2.99. The number of nitrogens with zero attached hydrogens (tertiary/aromatic N) is 1. The lowest BCUT2D eigenvalue weighted by Crippen LogP contribution is -2.32. The number of hydrogen-bond donors (Lipinski definition) is 2. The molecule has 15 heavy (non-hydrogen) atoms. The van der Waals surface area contributed by atoms with Crippen molar-refractivity contribution in [3.8, 4) is 0 Å². The van der Waals surface area contributed by atoms with Crippen molar-refractivity contribution in [3.63, 3.8) is 0 Å². The van der Waals surface area contributed by atoms with E-state index in [1.165, 1.54) is 13.0 Å². The van der Waals surface area contributed by atoms with Gasteiger partial charge >= 0.3 is 0 Å². The zero-order valence-corrected chi connectivity index (χ0v) is 10.8. The lowest BCUT2D eigenvalue weighted by molar-refractivity contribution is 0.270. The molecule has 90 valence electrons. The van der Waals surface area contributed by atoms with E-state index in [2.05, 4.69) is 18.7 Å². The Morgan fingerprint density at radius 1 is 1.27 bits per heavy atom. The maximum Gasteiger partial charge on any atom is 0.0963 e. The topological polar surface area (TPSA) is 53.1 Å². The van der Waals surface area contributed by atoms with Crippen LogP contribution in [0.4, 0.5) is 0 Å². The summed E-state index contributed by atoms with van der Waals surface area (Å²) in [6.07, 6.45) is 3.34. The highest BCUT2D eigenvalue weighted by Gasteiger charge is 2.20. The van der Waals surface area contributed by atoms with E-state index in [1.54, 1.807) is 0 Å². The van der Waals surface area contributed by atoms with Crippen molar-refractivity contribution in [2.24, 2.45) is 11.1 Å². The van der Waals surface area contributed by atoms with E-state index in [9.17, 15) is 0 Å². The first kappa shape index (κ1) is 14.4. The fraction of sp³-hybridized carbons (Fsp3) is 0.917. The highest BCUT2D eigenvalue weighted by Crippen LogP contribution is 2.21. The van der Waals surface area contributed by atoms with E-state index >= 15 is 0 Å². The van der Waals surface area contributed by atoms with Gasteiger partial charge in [-0.3, -0.25) is 5.41 Å². The molecular formula is C12H27N3. The monoisotopic (exact) mass is 213 g/mol. The van der Waals surface area contributed by atoms with Gasteiger partial charge in [0.2, 0.25) is 0 Å². The summed E-state index contributed by atoms with van der Waals surface area (Å²) in [5.74, 6) is 0.307. The van der Waals surface area contributed by atoms with Gasteiger partial charge < -0.3 is 10.6 Å². The molecule has 0 fully saturated rings. The molecule has 0 aromatic carbocycles. The molecule has 0 aliphatic rings. The first-order chi connectivity index (χ1) is 6.94. The van der Waals surface area contributed by atoms with Crippen LogP contribution >= 0.6 is 0 Å². The number of nitrogens with one attached hydrogen (secondary N) is 1. The van der Waals surface area contributed by atoms with E-state index in [4.69, 9.17) is 11.1 Å². The molecule has 0 unspecified atom stereocenters. The Kier molecular flexibility index (Phi) is 6.57. The van der Waals surface area contributed by atoms with Gasteiger partial charge in [-0.15, -0.1) is 0 Å². The predicted octanol–water partition coefficient (Wildman–Crippen LogP) is 2.46. The molecule has 0 saturated heterocycles. The van der Waals surface area contributed by atoms with Gasteiger partial charge in [0.15, 0.2) is 0 Å². The highest BCUT2D eigenvalue weighted by atomic mass is 15.1. The number of rotatable bonds is 8. The van der Waals surface area contributed by atoms with Crippen molar-refractivity contribution >= 4 is 5.84 Å². The average Bonchev–Trinajstić information content (AvgIpc) is 2.16. The van der Waals surface area contributed by atoms with Crippen molar-refractivity contribution in [3.05, 3.63) is 0 Å². The Balaban J connectivity index is 3.81. The van der Waals surface area contributed by atoms with Crippen LogP contribution < -0.4 is 5.73 Å². The summed E-state index contributed by atoms with van der Waals surface area (Å²) in [5, 5.41) is 7.47. The van der Waals surface area contributed by atoms with Gasteiger partial charge in [0.25, 0.3) is 0 Å². The standard InChI is InChI=1S/C12H27N3/c1-5-9-15(6-2)10-7-8-12(3,4)11(13)14/h5-10H2,1-4H3,(H3,13,14). The van der Waals surface area contributed by atoms with Crippen LogP contribution in [-0.2, 0) is 0 Å². The molecule has 0 aromatic rings. The predicted molar refractivity (Wildman–Crippen MR) is 67.3 cm³/mol. The normalized spacial score (nSPS) is 12.1. The molecule has 0 aliphatic carbocycles. The minimum atomic E-state index is -0.133. The number of nitrogens with two attached hydrogens (primary N) is 1. The quantitative estimate of drug-likeness (QED) is 0.481. The first-order valence-corrected chi connectivity index (χ1v) is 6.01. The van der Waals surface area contributed by atoms with Gasteiger partial charge in [-0.1, -0.05) is 27.7 Å². The summed E-state index contributed by atoms with van der Waals surface area (Å²) >= 11 is 0. The Labute approximate surface area is 94.5 Å². The summed E-state index contributed by atoms with van der Waals surface area (Å²) in [4.78, 5) is 2.45. The molecule has 3 heteroatoms. The molecule has 0 heterocycles. The average molecular weight is 213 g/mol. The van der Waals surface area contributed by atoms with Crippen molar-refractivity contribution in [1.29, 1.82) is 5.41 Å². The van der Waals surface area contributed by atoms with E-state index in [-0.39, 0.29) is 5.41 Å². The number of amidine groups is 1. The van der Waals surface area contributed by atoms with Gasteiger partial charge in [-0.2, -0.15) is 0 Å². The third-order valence-corrected chi connectivity index (χ3v) is 2.99. The maximum atomic E-state index is 7.47. The zero-order valence-electron chi connectivity index (χ0n) is 10.8. The van der Waals surface area contributed by atoms with Gasteiger partial charge in [-0.25, -0.2) is 0 Å². The molecule has 0 spiro atoms. The minimum Gasteiger partial charge on any atom is -0.387 e. The second kappa shape index (κ2) is 6.83. The van der Waals surface area contributed by atoms with Crippen LogP contribution in [0.25, 0.3) is 0 Å². The zero-order chi connectivity index (χ0) is 11.9. The van der Waals surface area contributed by atoms with E-state index in [0.717, 1.165) is 25.9 Å². The SMILES string of the molecule is CCCN(CC)CCCC(C)(C)C(=N)N. The lowest BCUT2D eigenvalue weighted by Gasteiger charge is -2.25. The van der Waals surface area contributed by atoms with Crippen LogP contribution in [0.1, 0.15) is 47.0 Å². The maximum absolute atomic E-state index is 7.47. The van der Waals surface area contributed by atoms with Crippen molar-refractivity contribution in [2.75, 3.05) is 19.6 Å². The molecule has 3 N–H and O–H groups in total. The second-order valence-corrected chi connectivity index (χ2v) is 4.84. The molecule has 0 aliphatic heterocycles. The van der Waals surface area contributed by atoms with Crippen LogP contribution in [0.2, 0.25) is 0 Å². The van der Waals surface area contributed by atoms with Crippen LogP contribution in [0.15, 0.2) is 0 Å². The van der Waals surface area contributed by atoms with E-state index < -0.39 is 0 Å². The van der Waals surface area contributed by atoms with Crippen molar-refractivity contribution in [2.45, 2.75) is 47.0 Å². The highest BCUT2D eigenvalue weighted by molar-refractivity contribution is 5.82. The fourth-order valence-electron chi connectivity index (χ4n) is 1.62. The smallest absolute Gasteiger partial charge is 0.0963 e. The van der Waals surface area contributed by atoms with Crippen LogP contribution in [0.3, 0.4) is 0 Å².